The number of rotatable bonds is 3. The molecule has 1 heterocycles. The second-order valence-electron chi connectivity index (χ2n) is 5.77. The summed E-state index contributed by atoms with van der Waals surface area (Å²) >= 11 is 0. The van der Waals surface area contributed by atoms with E-state index in [1.165, 1.54) is 18.1 Å². The second kappa shape index (κ2) is 7.34. The van der Waals surface area contributed by atoms with Crippen LogP contribution in [0.25, 0.3) is 0 Å². The average Bonchev–Trinajstić information content (AvgIpc) is 2.66. The van der Waals surface area contributed by atoms with Gasteiger partial charge >= 0.3 is 12.1 Å². The smallest absolute Gasteiger partial charge is 0.410 e. The zero-order chi connectivity index (χ0) is 17.8. The van der Waals surface area contributed by atoms with Gasteiger partial charge in [-0.25, -0.2) is 14.0 Å². The Kier molecular flexibility index (Phi) is 4.97. The van der Waals surface area contributed by atoms with Gasteiger partial charge in [0.25, 0.3) is 0 Å². The van der Waals surface area contributed by atoms with Crippen LogP contribution in [0.1, 0.15) is 27.0 Å². The Morgan fingerprint density at radius 2 is 1.92 bits per heavy atom. The Morgan fingerprint density at radius 3 is 2.64 bits per heavy atom. The topological polar surface area (TPSA) is 55.8 Å². The molecule has 1 amide bonds. The van der Waals surface area contributed by atoms with Crippen molar-refractivity contribution >= 4 is 12.1 Å². The molecule has 25 heavy (non-hydrogen) atoms. The van der Waals surface area contributed by atoms with Crippen LogP contribution in [0.15, 0.2) is 42.5 Å². The lowest BCUT2D eigenvalue weighted by molar-refractivity contribution is 0.0594. The number of carbonyl (C=O) groups excluding carboxylic acids is 2. The number of hydrogen-bond donors (Lipinski definition) is 0. The Labute approximate surface area is 145 Å². The number of ether oxygens (including phenoxy) is 2. The lowest BCUT2D eigenvalue weighted by atomic mass is 9.96. The number of amides is 1. The largest absolute Gasteiger partial charge is 0.465 e. The molecule has 3 rings (SSSR count). The minimum atomic E-state index is -0.704. The zero-order valence-electron chi connectivity index (χ0n) is 13.8. The molecule has 0 saturated carbocycles. The summed E-state index contributed by atoms with van der Waals surface area (Å²) in [4.78, 5) is 25.3. The maximum absolute atomic E-state index is 14.5. The van der Waals surface area contributed by atoms with Crippen LogP contribution in [0.4, 0.5) is 9.18 Å². The van der Waals surface area contributed by atoms with Gasteiger partial charge in [-0.1, -0.05) is 36.4 Å². The van der Waals surface area contributed by atoms with E-state index in [-0.39, 0.29) is 18.7 Å². The summed E-state index contributed by atoms with van der Waals surface area (Å²) in [7, 11) is 1.21. The molecular weight excluding hydrogens is 325 g/mol. The Hall–Kier alpha value is -2.89. The molecule has 1 aliphatic rings. The third kappa shape index (κ3) is 3.63. The van der Waals surface area contributed by atoms with Crippen molar-refractivity contribution in [2.75, 3.05) is 13.7 Å². The minimum Gasteiger partial charge on any atom is -0.465 e. The fraction of sp³-hybridized carbons (Fsp3) is 0.263. The molecule has 6 heteroatoms. The van der Waals surface area contributed by atoms with E-state index >= 15 is 0 Å². The van der Waals surface area contributed by atoms with E-state index in [2.05, 4.69) is 4.74 Å². The summed E-state index contributed by atoms with van der Waals surface area (Å²) in [6, 6.07) is 12.4. The lowest BCUT2D eigenvalue weighted by Crippen LogP contribution is -2.36. The lowest BCUT2D eigenvalue weighted by Gasteiger charge is -2.28. The molecule has 0 aromatic heterocycles. The van der Waals surface area contributed by atoms with Crippen molar-refractivity contribution in [1.82, 2.24) is 4.90 Å². The Balaban J connectivity index is 1.68. The molecule has 0 unspecified atom stereocenters. The normalized spacial score (nSPS) is 13.1. The van der Waals surface area contributed by atoms with Crippen LogP contribution in [0.3, 0.4) is 0 Å². The first-order valence-electron chi connectivity index (χ1n) is 7.94. The molecule has 5 nitrogen and oxygen atoms in total. The summed E-state index contributed by atoms with van der Waals surface area (Å²) in [5.41, 5.74) is 1.95. The summed E-state index contributed by atoms with van der Waals surface area (Å²) < 4.78 is 24.3. The fourth-order valence-corrected chi connectivity index (χ4v) is 2.85. The minimum absolute atomic E-state index is 0.0821. The molecule has 0 atom stereocenters. The summed E-state index contributed by atoms with van der Waals surface area (Å²) in [6.45, 7) is 0.780. The number of halogens is 1. The Bertz CT molecular complexity index is 792. The van der Waals surface area contributed by atoms with Crippen molar-refractivity contribution in [2.24, 2.45) is 0 Å². The fourth-order valence-electron chi connectivity index (χ4n) is 2.85. The van der Waals surface area contributed by atoms with E-state index in [0.29, 0.717) is 24.1 Å². The van der Waals surface area contributed by atoms with Gasteiger partial charge in [-0.05, 0) is 29.2 Å². The summed E-state index contributed by atoms with van der Waals surface area (Å²) in [5, 5.41) is 0. The zero-order valence-corrected chi connectivity index (χ0v) is 13.8. The Morgan fingerprint density at radius 1 is 1.16 bits per heavy atom. The van der Waals surface area contributed by atoms with Crippen molar-refractivity contribution in [3.05, 3.63) is 70.5 Å². The number of nitrogens with zero attached hydrogens (tertiary/aromatic N) is 1. The molecule has 2 aromatic carbocycles. The van der Waals surface area contributed by atoms with E-state index in [4.69, 9.17) is 4.74 Å². The van der Waals surface area contributed by atoms with Crippen LogP contribution in [-0.4, -0.2) is 30.6 Å². The van der Waals surface area contributed by atoms with Gasteiger partial charge in [0, 0.05) is 13.1 Å². The van der Waals surface area contributed by atoms with Crippen LogP contribution < -0.4 is 0 Å². The molecule has 130 valence electrons. The maximum atomic E-state index is 14.5. The SMILES string of the molecule is COC(=O)c1ccc2c(c1F)CCN(C(=O)OCc1ccccc1)C2. The van der Waals surface area contributed by atoms with E-state index in [1.807, 2.05) is 30.3 Å². The van der Waals surface area contributed by atoms with E-state index in [0.717, 1.165) is 5.56 Å². The van der Waals surface area contributed by atoms with Gasteiger partial charge in [-0.3, -0.25) is 0 Å². The number of carbonyl (C=O) groups is 2. The molecule has 2 aromatic rings. The monoisotopic (exact) mass is 343 g/mol. The van der Waals surface area contributed by atoms with Crippen LogP contribution >= 0.6 is 0 Å². The highest BCUT2D eigenvalue weighted by molar-refractivity contribution is 5.90. The molecule has 1 aliphatic heterocycles. The molecule has 0 fully saturated rings. The third-order valence-electron chi connectivity index (χ3n) is 4.20. The average molecular weight is 343 g/mol. The molecule has 0 radical (unpaired) electrons. The van der Waals surface area contributed by atoms with Crippen molar-refractivity contribution in [3.8, 4) is 0 Å². The van der Waals surface area contributed by atoms with Crippen molar-refractivity contribution < 1.29 is 23.5 Å². The highest BCUT2D eigenvalue weighted by atomic mass is 19.1. The molecule has 0 saturated heterocycles. The standard InChI is InChI=1S/C19H18FNO4/c1-24-18(22)16-8-7-14-11-21(10-9-15(14)17(16)20)19(23)25-12-13-5-3-2-4-6-13/h2-8H,9-12H2,1H3. The van der Waals surface area contributed by atoms with E-state index < -0.39 is 17.9 Å². The first-order valence-corrected chi connectivity index (χ1v) is 7.94. The van der Waals surface area contributed by atoms with Gasteiger partial charge in [0.1, 0.15) is 12.4 Å². The predicted molar refractivity (Wildman–Crippen MR) is 88.5 cm³/mol. The van der Waals surface area contributed by atoms with Crippen LogP contribution in [0, 0.1) is 5.82 Å². The first kappa shape index (κ1) is 17.0. The van der Waals surface area contributed by atoms with Crippen molar-refractivity contribution in [3.63, 3.8) is 0 Å². The van der Waals surface area contributed by atoms with Crippen molar-refractivity contribution in [1.29, 1.82) is 0 Å². The number of benzene rings is 2. The maximum Gasteiger partial charge on any atom is 0.410 e. The quantitative estimate of drug-likeness (QED) is 0.803. The van der Waals surface area contributed by atoms with Crippen LogP contribution in [0.2, 0.25) is 0 Å². The summed E-state index contributed by atoms with van der Waals surface area (Å²) in [5.74, 6) is -1.27. The van der Waals surface area contributed by atoms with Gasteiger partial charge in [-0.2, -0.15) is 0 Å². The van der Waals surface area contributed by atoms with Gasteiger partial charge < -0.3 is 14.4 Å². The van der Waals surface area contributed by atoms with Gasteiger partial charge in [0.05, 0.1) is 12.7 Å². The van der Waals surface area contributed by atoms with Crippen molar-refractivity contribution in [2.45, 2.75) is 19.6 Å². The van der Waals surface area contributed by atoms with Crippen LogP contribution in [0.5, 0.6) is 0 Å². The molecule has 0 aliphatic carbocycles. The summed E-state index contributed by atoms with van der Waals surface area (Å²) in [6.07, 6.45) is -0.112. The predicted octanol–water partition coefficient (Wildman–Crippen LogP) is 3.31. The first-order chi connectivity index (χ1) is 12.1. The van der Waals surface area contributed by atoms with Crippen LogP contribution in [-0.2, 0) is 29.0 Å². The number of fused-ring (bicyclic) bond motifs is 1. The number of hydrogen-bond acceptors (Lipinski definition) is 4. The molecular formula is C19H18FNO4. The second-order valence-corrected chi connectivity index (χ2v) is 5.77. The third-order valence-corrected chi connectivity index (χ3v) is 4.20. The number of esters is 1. The van der Waals surface area contributed by atoms with Gasteiger partial charge in [0.2, 0.25) is 0 Å². The number of methoxy groups -OCH3 is 1. The van der Waals surface area contributed by atoms with E-state index in [1.54, 1.807) is 6.07 Å². The molecule has 0 N–H and O–H groups in total. The highest BCUT2D eigenvalue weighted by Crippen LogP contribution is 2.25. The van der Waals surface area contributed by atoms with E-state index in [9.17, 15) is 14.0 Å². The van der Waals surface area contributed by atoms with Gasteiger partial charge in [0.15, 0.2) is 0 Å². The van der Waals surface area contributed by atoms with Gasteiger partial charge in [-0.15, -0.1) is 0 Å². The molecule has 0 spiro atoms. The molecule has 0 bridgehead atoms. The highest BCUT2D eigenvalue weighted by Gasteiger charge is 2.26.